The fraction of sp³-hybridized carbons (Fsp3) is 0.696. The van der Waals surface area contributed by atoms with Crippen molar-refractivity contribution in [3.63, 3.8) is 0 Å². The van der Waals surface area contributed by atoms with E-state index in [1.54, 1.807) is 6.20 Å². The number of hydrogen-bond donors (Lipinski definition) is 0. The average Bonchev–Trinajstić information content (AvgIpc) is 2.77. The van der Waals surface area contributed by atoms with Crippen LogP contribution in [-0.4, -0.2) is 52.8 Å². The van der Waals surface area contributed by atoms with Gasteiger partial charge in [-0.15, -0.1) is 0 Å². The topological polar surface area (TPSA) is 53.5 Å². The van der Waals surface area contributed by atoms with Gasteiger partial charge in [-0.2, -0.15) is 0 Å². The number of carbonyl (C=O) groups excluding carboxylic acids is 2. The van der Waals surface area contributed by atoms with Crippen molar-refractivity contribution in [3.8, 4) is 0 Å². The van der Waals surface area contributed by atoms with Gasteiger partial charge in [0.2, 0.25) is 11.8 Å². The molecule has 1 saturated heterocycles. The monoisotopic (exact) mass is 383 g/mol. The molecule has 2 amide bonds. The van der Waals surface area contributed by atoms with Gasteiger partial charge in [0, 0.05) is 38.8 Å². The lowest BCUT2D eigenvalue weighted by Crippen LogP contribution is -2.52. The van der Waals surface area contributed by atoms with E-state index in [-0.39, 0.29) is 17.7 Å². The van der Waals surface area contributed by atoms with E-state index in [9.17, 15) is 9.59 Å². The molecule has 1 aromatic heterocycles. The van der Waals surface area contributed by atoms with Crippen molar-refractivity contribution in [2.75, 3.05) is 26.2 Å². The Bertz CT molecular complexity index is 691. The number of carbonyl (C=O) groups is 2. The number of hydrogen-bond acceptors (Lipinski definition) is 3. The van der Waals surface area contributed by atoms with Crippen molar-refractivity contribution in [2.45, 2.75) is 70.1 Å². The van der Waals surface area contributed by atoms with Crippen molar-refractivity contribution in [1.29, 1.82) is 0 Å². The molecule has 2 aliphatic carbocycles. The Kier molecular flexibility index (Phi) is 6.28. The van der Waals surface area contributed by atoms with Gasteiger partial charge in [0.05, 0.1) is 11.6 Å². The molecule has 1 unspecified atom stereocenters. The molecular weight excluding hydrogens is 350 g/mol. The van der Waals surface area contributed by atoms with Gasteiger partial charge in [0.15, 0.2) is 0 Å². The third kappa shape index (κ3) is 4.39. The van der Waals surface area contributed by atoms with Gasteiger partial charge < -0.3 is 9.80 Å². The lowest BCUT2D eigenvalue weighted by atomic mass is 9.85. The highest BCUT2D eigenvalue weighted by Gasteiger charge is 2.33. The van der Waals surface area contributed by atoms with E-state index in [0.29, 0.717) is 32.6 Å². The van der Waals surface area contributed by atoms with Crippen molar-refractivity contribution >= 4 is 11.8 Å². The first-order valence-corrected chi connectivity index (χ1v) is 11.2. The molecule has 1 atom stereocenters. The fourth-order valence-electron chi connectivity index (χ4n) is 5.21. The number of rotatable bonds is 4. The Labute approximate surface area is 168 Å². The van der Waals surface area contributed by atoms with Gasteiger partial charge in [-0.3, -0.25) is 14.6 Å². The summed E-state index contributed by atoms with van der Waals surface area (Å²) in [5, 5.41) is 0. The molecular formula is C23H33N3O2. The van der Waals surface area contributed by atoms with Crippen LogP contribution in [0, 0.1) is 5.92 Å². The van der Waals surface area contributed by atoms with Crippen molar-refractivity contribution in [2.24, 2.45) is 5.92 Å². The number of pyridine rings is 1. The van der Waals surface area contributed by atoms with Crippen LogP contribution in [0.1, 0.15) is 75.0 Å². The Morgan fingerprint density at radius 1 is 0.964 bits per heavy atom. The first-order chi connectivity index (χ1) is 13.7. The predicted molar refractivity (Wildman–Crippen MR) is 109 cm³/mol. The molecule has 0 radical (unpaired) electrons. The number of piperazine rings is 1. The summed E-state index contributed by atoms with van der Waals surface area (Å²) < 4.78 is 0. The van der Waals surface area contributed by atoms with Crippen LogP contribution in [0.25, 0.3) is 0 Å². The minimum atomic E-state index is -0.0986. The van der Waals surface area contributed by atoms with Crippen molar-refractivity contribution in [3.05, 3.63) is 29.6 Å². The summed E-state index contributed by atoms with van der Waals surface area (Å²) in [7, 11) is 0. The van der Waals surface area contributed by atoms with Crippen LogP contribution in [0.3, 0.4) is 0 Å². The molecule has 152 valence electrons. The third-order valence-electron chi connectivity index (χ3n) is 6.93. The Balaban J connectivity index is 1.27. The average molecular weight is 384 g/mol. The van der Waals surface area contributed by atoms with Crippen molar-refractivity contribution < 1.29 is 9.59 Å². The lowest BCUT2D eigenvalue weighted by molar-refractivity contribution is -0.140. The second-order valence-electron chi connectivity index (χ2n) is 8.74. The zero-order valence-corrected chi connectivity index (χ0v) is 16.9. The molecule has 2 fully saturated rings. The van der Waals surface area contributed by atoms with Crippen LogP contribution >= 0.6 is 0 Å². The number of aromatic nitrogens is 1. The molecule has 1 aliphatic heterocycles. The molecule has 2 heterocycles. The third-order valence-corrected chi connectivity index (χ3v) is 6.93. The highest BCUT2D eigenvalue weighted by atomic mass is 16.2. The summed E-state index contributed by atoms with van der Waals surface area (Å²) >= 11 is 0. The Morgan fingerprint density at radius 2 is 1.71 bits per heavy atom. The predicted octanol–water partition coefficient (Wildman–Crippen LogP) is 3.53. The first-order valence-electron chi connectivity index (χ1n) is 11.2. The maximum absolute atomic E-state index is 13.1. The van der Waals surface area contributed by atoms with Crippen LogP contribution in [0.2, 0.25) is 0 Å². The van der Waals surface area contributed by atoms with Crippen molar-refractivity contribution in [1.82, 2.24) is 14.8 Å². The van der Waals surface area contributed by atoms with Gasteiger partial charge in [0.1, 0.15) is 0 Å². The molecule has 5 heteroatoms. The SMILES string of the molecule is O=C(CCC1CCCCC1)N1CCN(C(=O)C2CCCc3cccnc32)CC1. The van der Waals surface area contributed by atoms with Crippen LogP contribution in [-0.2, 0) is 16.0 Å². The smallest absolute Gasteiger partial charge is 0.231 e. The summed E-state index contributed by atoms with van der Waals surface area (Å²) in [4.78, 5) is 34.1. The molecule has 1 aromatic rings. The second-order valence-corrected chi connectivity index (χ2v) is 8.74. The van der Waals surface area contributed by atoms with E-state index in [1.807, 2.05) is 15.9 Å². The van der Waals surface area contributed by atoms with Gasteiger partial charge in [0.25, 0.3) is 0 Å². The number of fused-ring (bicyclic) bond motifs is 1. The molecule has 0 N–H and O–H groups in total. The van der Waals surface area contributed by atoms with E-state index in [2.05, 4.69) is 11.1 Å². The maximum Gasteiger partial charge on any atom is 0.231 e. The summed E-state index contributed by atoms with van der Waals surface area (Å²) in [6.45, 7) is 2.67. The summed E-state index contributed by atoms with van der Waals surface area (Å²) in [6, 6.07) is 4.06. The second kappa shape index (κ2) is 9.06. The molecule has 0 spiro atoms. The summed E-state index contributed by atoms with van der Waals surface area (Å²) in [5.41, 5.74) is 2.20. The van der Waals surface area contributed by atoms with Crippen LogP contribution in [0.4, 0.5) is 0 Å². The van der Waals surface area contributed by atoms with Gasteiger partial charge in [-0.05, 0) is 43.2 Å². The molecule has 5 nitrogen and oxygen atoms in total. The standard InChI is InChI=1S/C23H33N3O2/c27-21(12-11-18-6-2-1-3-7-18)25-14-16-26(17-15-25)23(28)20-10-4-8-19-9-5-13-24-22(19)20/h5,9,13,18,20H,1-4,6-8,10-12,14-17H2. The minimum absolute atomic E-state index is 0.0986. The fourth-order valence-corrected chi connectivity index (χ4v) is 5.21. The van der Waals surface area contributed by atoms with Crippen LogP contribution in [0.5, 0.6) is 0 Å². The van der Waals surface area contributed by atoms with Crippen LogP contribution < -0.4 is 0 Å². The number of aryl methyl sites for hydroxylation is 1. The van der Waals surface area contributed by atoms with E-state index >= 15 is 0 Å². The normalized spacial score (nSPS) is 23.4. The Hall–Kier alpha value is -1.91. The molecule has 1 saturated carbocycles. The highest BCUT2D eigenvalue weighted by molar-refractivity contribution is 5.84. The van der Waals surface area contributed by atoms with E-state index in [0.717, 1.165) is 37.3 Å². The van der Waals surface area contributed by atoms with E-state index < -0.39 is 0 Å². The molecule has 28 heavy (non-hydrogen) atoms. The van der Waals surface area contributed by atoms with Gasteiger partial charge >= 0.3 is 0 Å². The summed E-state index contributed by atoms with van der Waals surface area (Å²) in [5.74, 6) is 1.13. The van der Waals surface area contributed by atoms with Gasteiger partial charge in [-0.25, -0.2) is 0 Å². The molecule has 0 aromatic carbocycles. The maximum atomic E-state index is 13.1. The quantitative estimate of drug-likeness (QED) is 0.799. The number of amides is 2. The molecule has 4 rings (SSSR count). The van der Waals surface area contributed by atoms with Gasteiger partial charge in [-0.1, -0.05) is 38.2 Å². The largest absolute Gasteiger partial charge is 0.339 e. The van der Waals surface area contributed by atoms with E-state index in [1.165, 1.54) is 37.7 Å². The summed E-state index contributed by atoms with van der Waals surface area (Å²) in [6.07, 6.45) is 13.1. The Morgan fingerprint density at radius 3 is 2.50 bits per heavy atom. The van der Waals surface area contributed by atoms with E-state index in [4.69, 9.17) is 0 Å². The lowest BCUT2D eigenvalue weighted by Gasteiger charge is -2.37. The molecule has 3 aliphatic rings. The first kappa shape index (κ1) is 19.4. The highest BCUT2D eigenvalue weighted by Crippen LogP contribution is 2.32. The zero-order valence-electron chi connectivity index (χ0n) is 16.9. The minimum Gasteiger partial charge on any atom is -0.339 e. The zero-order chi connectivity index (χ0) is 19.3. The molecule has 0 bridgehead atoms. The van der Waals surface area contributed by atoms with Crippen LogP contribution in [0.15, 0.2) is 18.3 Å². The number of nitrogens with zero attached hydrogens (tertiary/aromatic N) is 3.